The van der Waals surface area contributed by atoms with Gasteiger partial charge in [0.25, 0.3) is 5.91 Å². The predicted molar refractivity (Wildman–Crippen MR) is 124 cm³/mol. The van der Waals surface area contributed by atoms with Gasteiger partial charge in [-0.1, -0.05) is 47.5 Å². The van der Waals surface area contributed by atoms with Crippen molar-refractivity contribution in [1.29, 1.82) is 0 Å². The van der Waals surface area contributed by atoms with E-state index >= 15 is 0 Å². The van der Waals surface area contributed by atoms with Crippen LogP contribution >= 0.6 is 23.2 Å². The average molecular weight is 460 g/mol. The SMILES string of the molecule is C[C@@H](CO)Nc1cc(-c2ccc(C(=O)N[C@H](CO)c3cccc(Cl)c3)cc2)c(Cl)cn1. The number of aliphatic hydroxyl groups is 2. The monoisotopic (exact) mass is 459 g/mol. The lowest BCUT2D eigenvalue weighted by Gasteiger charge is -2.17. The Bertz CT molecular complexity index is 1040. The van der Waals surface area contributed by atoms with Gasteiger partial charge in [0.15, 0.2) is 0 Å². The second kappa shape index (κ2) is 10.6. The maximum atomic E-state index is 12.7. The van der Waals surface area contributed by atoms with Crippen LogP contribution in [0.25, 0.3) is 11.1 Å². The molecule has 2 aromatic carbocycles. The number of nitrogens with zero attached hydrogens (tertiary/aromatic N) is 1. The fourth-order valence-corrected chi connectivity index (χ4v) is 3.45. The lowest BCUT2D eigenvalue weighted by Crippen LogP contribution is -2.30. The predicted octanol–water partition coefficient (Wildman–Crippen LogP) is 4.31. The Balaban J connectivity index is 1.76. The summed E-state index contributed by atoms with van der Waals surface area (Å²) in [6.07, 6.45) is 1.54. The van der Waals surface area contributed by atoms with Crippen molar-refractivity contribution in [3.05, 3.63) is 82.0 Å². The van der Waals surface area contributed by atoms with E-state index in [9.17, 15) is 15.0 Å². The topological polar surface area (TPSA) is 94.5 Å². The molecule has 0 spiro atoms. The van der Waals surface area contributed by atoms with Crippen molar-refractivity contribution in [1.82, 2.24) is 10.3 Å². The largest absolute Gasteiger partial charge is 0.394 e. The van der Waals surface area contributed by atoms with E-state index in [2.05, 4.69) is 15.6 Å². The molecule has 4 N–H and O–H groups in total. The number of nitrogens with one attached hydrogen (secondary N) is 2. The minimum atomic E-state index is -0.567. The highest BCUT2D eigenvalue weighted by Gasteiger charge is 2.16. The quantitative estimate of drug-likeness (QED) is 0.402. The smallest absolute Gasteiger partial charge is 0.251 e. The number of carbonyl (C=O) groups excluding carboxylic acids is 1. The molecule has 0 aliphatic heterocycles. The fraction of sp³-hybridized carbons (Fsp3) is 0.217. The lowest BCUT2D eigenvalue weighted by atomic mass is 10.0. The number of amides is 1. The van der Waals surface area contributed by atoms with Gasteiger partial charge in [-0.05, 0) is 48.4 Å². The van der Waals surface area contributed by atoms with Crippen LogP contribution < -0.4 is 10.6 Å². The molecule has 31 heavy (non-hydrogen) atoms. The molecular formula is C23H23Cl2N3O3. The molecule has 8 heteroatoms. The molecule has 3 aromatic rings. The molecular weight excluding hydrogens is 437 g/mol. The van der Waals surface area contributed by atoms with Crippen LogP contribution in [-0.4, -0.2) is 40.4 Å². The number of hydrogen-bond donors (Lipinski definition) is 4. The molecule has 3 rings (SSSR count). The molecule has 0 saturated heterocycles. The maximum absolute atomic E-state index is 12.7. The maximum Gasteiger partial charge on any atom is 0.251 e. The molecule has 1 aromatic heterocycles. The van der Waals surface area contributed by atoms with Gasteiger partial charge in [0, 0.05) is 28.4 Å². The standard InChI is InChI=1S/C23H23Cl2N3O3/c1-14(12-29)27-22-10-19(20(25)11-26-22)15-5-7-16(8-6-15)23(31)28-21(13-30)17-3-2-4-18(24)9-17/h2-11,14,21,29-30H,12-13H2,1H3,(H,26,27)(H,28,31)/t14-,21+/m0/s1. The van der Waals surface area contributed by atoms with Crippen LogP contribution in [0.4, 0.5) is 5.82 Å². The highest BCUT2D eigenvalue weighted by Crippen LogP contribution is 2.30. The van der Waals surface area contributed by atoms with Gasteiger partial charge in [0.1, 0.15) is 5.82 Å². The van der Waals surface area contributed by atoms with Crippen molar-refractivity contribution in [2.24, 2.45) is 0 Å². The van der Waals surface area contributed by atoms with Crippen LogP contribution in [0, 0.1) is 0 Å². The first kappa shape index (κ1) is 23.0. The Morgan fingerprint density at radius 1 is 1.06 bits per heavy atom. The highest BCUT2D eigenvalue weighted by atomic mass is 35.5. The normalized spacial score (nSPS) is 12.8. The van der Waals surface area contributed by atoms with E-state index in [1.165, 1.54) is 0 Å². The van der Waals surface area contributed by atoms with E-state index in [0.717, 1.165) is 16.7 Å². The number of aliphatic hydroxyl groups excluding tert-OH is 2. The molecule has 162 valence electrons. The number of rotatable bonds is 8. The van der Waals surface area contributed by atoms with Crippen molar-refractivity contribution in [3.8, 4) is 11.1 Å². The summed E-state index contributed by atoms with van der Waals surface area (Å²) in [6, 6.07) is 15.1. The van der Waals surface area contributed by atoms with Crippen LogP contribution in [-0.2, 0) is 0 Å². The number of aromatic nitrogens is 1. The van der Waals surface area contributed by atoms with E-state index in [4.69, 9.17) is 23.2 Å². The molecule has 0 fully saturated rings. The Morgan fingerprint density at radius 3 is 2.45 bits per heavy atom. The van der Waals surface area contributed by atoms with E-state index < -0.39 is 6.04 Å². The summed E-state index contributed by atoms with van der Waals surface area (Å²) in [6.45, 7) is 1.57. The van der Waals surface area contributed by atoms with Crippen LogP contribution in [0.1, 0.15) is 28.9 Å². The van der Waals surface area contributed by atoms with Crippen LogP contribution in [0.5, 0.6) is 0 Å². The fourth-order valence-electron chi connectivity index (χ4n) is 3.04. The van der Waals surface area contributed by atoms with Crippen molar-refractivity contribution in [3.63, 3.8) is 0 Å². The Kier molecular flexibility index (Phi) is 7.87. The molecule has 0 aliphatic carbocycles. The molecule has 0 aliphatic rings. The molecule has 2 atom stereocenters. The van der Waals surface area contributed by atoms with Crippen LogP contribution in [0.2, 0.25) is 10.0 Å². The van der Waals surface area contributed by atoms with Gasteiger partial charge in [-0.15, -0.1) is 0 Å². The first-order chi connectivity index (χ1) is 14.9. The van der Waals surface area contributed by atoms with Gasteiger partial charge in [0.05, 0.1) is 24.3 Å². The zero-order valence-electron chi connectivity index (χ0n) is 16.8. The number of benzene rings is 2. The van der Waals surface area contributed by atoms with Gasteiger partial charge in [-0.25, -0.2) is 4.98 Å². The molecule has 1 heterocycles. The van der Waals surface area contributed by atoms with Crippen molar-refractivity contribution in [2.75, 3.05) is 18.5 Å². The van der Waals surface area contributed by atoms with Gasteiger partial charge >= 0.3 is 0 Å². The Morgan fingerprint density at radius 2 is 1.81 bits per heavy atom. The summed E-state index contributed by atoms with van der Waals surface area (Å²) in [5.74, 6) is 0.278. The summed E-state index contributed by atoms with van der Waals surface area (Å²) in [5.41, 5.74) is 2.74. The Hall–Kier alpha value is -2.64. The number of pyridine rings is 1. The Labute approximate surface area is 190 Å². The zero-order chi connectivity index (χ0) is 22.4. The van der Waals surface area contributed by atoms with E-state index in [1.54, 1.807) is 60.8 Å². The zero-order valence-corrected chi connectivity index (χ0v) is 18.4. The van der Waals surface area contributed by atoms with Crippen molar-refractivity contribution in [2.45, 2.75) is 19.0 Å². The van der Waals surface area contributed by atoms with Gasteiger partial charge in [-0.3, -0.25) is 4.79 Å². The summed E-state index contributed by atoms with van der Waals surface area (Å²) in [4.78, 5) is 16.9. The highest BCUT2D eigenvalue weighted by molar-refractivity contribution is 6.33. The summed E-state index contributed by atoms with van der Waals surface area (Å²) >= 11 is 12.3. The molecule has 0 unspecified atom stereocenters. The number of anilines is 1. The summed E-state index contributed by atoms with van der Waals surface area (Å²) in [5, 5.41) is 25.8. The van der Waals surface area contributed by atoms with E-state index in [-0.39, 0.29) is 25.2 Å². The van der Waals surface area contributed by atoms with E-state index in [0.29, 0.717) is 21.4 Å². The molecule has 0 radical (unpaired) electrons. The third kappa shape index (κ3) is 5.95. The molecule has 6 nitrogen and oxygen atoms in total. The summed E-state index contributed by atoms with van der Waals surface area (Å²) < 4.78 is 0. The third-order valence-electron chi connectivity index (χ3n) is 4.72. The van der Waals surface area contributed by atoms with Gasteiger partial charge in [-0.2, -0.15) is 0 Å². The lowest BCUT2D eigenvalue weighted by molar-refractivity contribution is 0.0916. The van der Waals surface area contributed by atoms with Gasteiger partial charge < -0.3 is 20.8 Å². The molecule has 0 bridgehead atoms. The molecule has 1 amide bonds. The van der Waals surface area contributed by atoms with E-state index in [1.807, 2.05) is 6.92 Å². The first-order valence-corrected chi connectivity index (χ1v) is 10.5. The van der Waals surface area contributed by atoms with Crippen LogP contribution in [0.15, 0.2) is 60.8 Å². The average Bonchev–Trinajstić information content (AvgIpc) is 2.78. The van der Waals surface area contributed by atoms with Crippen molar-refractivity contribution >= 4 is 34.9 Å². The second-order valence-electron chi connectivity index (χ2n) is 7.12. The third-order valence-corrected chi connectivity index (χ3v) is 5.26. The minimum absolute atomic E-state index is 0.0204. The number of halogens is 2. The minimum Gasteiger partial charge on any atom is -0.394 e. The van der Waals surface area contributed by atoms with Crippen molar-refractivity contribution < 1.29 is 15.0 Å². The van der Waals surface area contributed by atoms with Gasteiger partial charge in [0.2, 0.25) is 0 Å². The molecule has 0 saturated carbocycles. The second-order valence-corrected chi connectivity index (χ2v) is 7.96. The number of carbonyl (C=O) groups is 1. The first-order valence-electron chi connectivity index (χ1n) is 9.71. The van der Waals surface area contributed by atoms with Crippen LogP contribution in [0.3, 0.4) is 0 Å². The number of hydrogen-bond acceptors (Lipinski definition) is 5. The summed E-state index contributed by atoms with van der Waals surface area (Å²) in [7, 11) is 0.